The Bertz CT molecular complexity index is 576. The smallest absolute Gasteiger partial charge is 0.406 e. The van der Waals surface area contributed by atoms with Crippen molar-refractivity contribution in [3.8, 4) is 5.75 Å². The molecule has 10 heteroatoms. The third kappa shape index (κ3) is 12.9. The van der Waals surface area contributed by atoms with Crippen LogP contribution in [0.2, 0.25) is 0 Å². The maximum Gasteiger partial charge on any atom is 0.573 e. The molecule has 0 unspecified atom stereocenters. The largest absolute Gasteiger partial charge is 0.573 e. The molecule has 0 bridgehead atoms. The molecule has 0 fully saturated rings. The Kier molecular flexibility index (Phi) is 7.74. The van der Waals surface area contributed by atoms with E-state index in [9.17, 15) is 26.3 Å². The number of hydrogen-bond donors (Lipinski definition) is 2. The summed E-state index contributed by atoms with van der Waals surface area (Å²) in [5, 5.41) is 0. The highest BCUT2D eigenvalue weighted by Gasteiger charge is 2.31. The highest BCUT2D eigenvalue weighted by atomic mass is 19.4. The molecule has 0 aliphatic rings. The molecule has 0 saturated carbocycles. The van der Waals surface area contributed by atoms with Crippen molar-refractivity contribution in [1.82, 2.24) is 0 Å². The number of hydrogen-bond acceptors (Lipinski definition) is 4. The lowest BCUT2D eigenvalue weighted by molar-refractivity contribution is -0.303. The third-order valence-electron chi connectivity index (χ3n) is 1.84. The van der Waals surface area contributed by atoms with E-state index in [1.807, 2.05) is 0 Å². The van der Waals surface area contributed by atoms with Gasteiger partial charge in [-0.15, -0.1) is 26.3 Å². The van der Waals surface area contributed by atoms with Gasteiger partial charge >= 0.3 is 12.7 Å². The van der Waals surface area contributed by atoms with Crippen molar-refractivity contribution in [3.05, 3.63) is 61.0 Å². The topological polar surface area (TPSA) is 70.5 Å². The summed E-state index contributed by atoms with van der Waals surface area (Å²) < 4.78 is 76.2. The van der Waals surface area contributed by atoms with Gasteiger partial charge in [-0.2, -0.15) is 0 Å². The fourth-order valence-corrected chi connectivity index (χ4v) is 1.05. The van der Waals surface area contributed by atoms with Crippen LogP contribution in [0, 0.1) is 0 Å². The molecule has 0 aromatic heterocycles. The lowest BCUT2D eigenvalue weighted by atomic mass is 10.3. The van der Waals surface area contributed by atoms with Gasteiger partial charge in [-0.3, -0.25) is 0 Å². The molecule has 1 rings (SSSR count). The summed E-state index contributed by atoms with van der Waals surface area (Å²) in [5.41, 5.74) is 10.8. The molecule has 1 aromatic carbocycles. The molecule has 4 nitrogen and oxygen atoms in total. The molecule has 0 spiro atoms. The number of anilines is 1. The van der Waals surface area contributed by atoms with Gasteiger partial charge in [-0.1, -0.05) is 13.2 Å². The summed E-state index contributed by atoms with van der Waals surface area (Å²) in [6.45, 7) is 6.22. The van der Waals surface area contributed by atoms with Crippen LogP contribution in [0.1, 0.15) is 0 Å². The number of allylic oxidation sites excluding steroid dienone is 2. The maximum atomic E-state index is 11.6. The van der Waals surface area contributed by atoms with Crippen molar-refractivity contribution >= 4 is 5.69 Å². The first-order valence-corrected chi connectivity index (χ1v) is 5.97. The standard InChI is InChI=1S/C7H6F3NO.C7H8F3NO/c8-7(9,10)12-6-3-1-5(11)2-4-6;1-5(11)3-4-6(2)12-7(8,9)10/h1-4H,11H2;3-4H,1-2,11H2/b;4-3-. The molecule has 1 aromatic rings. The number of ether oxygens (including phenoxy) is 2. The van der Waals surface area contributed by atoms with Crippen molar-refractivity contribution in [2.75, 3.05) is 5.73 Å². The number of rotatable bonds is 4. The minimum atomic E-state index is -4.71. The van der Waals surface area contributed by atoms with Crippen LogP contribution in [0.4, 0.5) is 32.0 Å². The van der Waals surface area contributed by atoms with Gasteiger partial charge in [0.05, 0.1) is 0 Å². The first-order valence-electron chi connectivity index (χ1n) is 5.97. The zero-order chi connectivity index (χ0) is 19.0. The lowest BCUT2D eigenvalue weighted by Crippen LogP contribution is -2.16. The van der Waals surface area contributed by atoms with E-state index in [1.165, 1.54) is 12.1 Å². The monoisotopic (exact) mass is 356 g/mol. The molecule has 0 aliphatic heterocycles. The quantitative estimate of drug-likeness (QED) is 0.367. The van der Waals surface area contributed by atoms with E-state index < -0.39 is 18.5 Å². The van der Waals surface area contributed by atoms with Crippen molar-refractivity contribution in [2.45, 2.75) is 12.7 Å². The van der Waals surface area contributed by atoms with Crippen LogP contribution in [0.15, 0.2) is 61.0 Å². The minimum absolute atomic E-state index is 0.127. The second kappa shape index (κ2) is 8.75. The van der Waals surface area contributed by atoms with E-state index in [1.54, 1.807) is 0 Å². The van der Waals surface area contributed by atoms with Crippen LogP contribution in [0.25, 0.3) is 0 Å². The number of nitrogens with two attached hydrogens (primary N) is 2. The van der Waals surface area contributed by atoms with Gasteiger partial charge in [-0.25, -0.2) is 0 Å². The van der Waals surface area contributed by atoms with E-state index in [4.69, 9.17) is 11.5 Å². The SMILES string of the molecule is C=C(N)/C=C\C(=C)OC(F)(F)F.Nc1ccc(OC(F)(F)F)cc1. The molecule has 0 atom stereocenters. The zero-order valence-electron chi connectivity index (χ0n) is 12.1. The summed E-state index contributed by atoms with van der Waals surface area (Å²) in [6, 6.07) is 4.98. The first-order chi connectivity index (χ1) is 10.8. The molecular weight excluding hydrogens is 342 g/mol. The van der Waals surface area contributed by atoms with Crippen LogP contribution >= 0.6 is 0 Å². The molecule has 134 valence electrons. The third-order valence-corrected chi connectivity index (χ3v) is 1.84. The van der Waals surface area contributed by atoms with E-state index >= 15 is 0 Å². The predicted molar refractivity (Wildman–Crippen MR) is 76.3 cm³/mol. The van der Waals surface area contributed by atoms with Crippen LogP contribution in [-0.4, -0.2) is 12.7 Å². The van der Waals surface area contributed by atoms with Crippen LogP contribution in [0.3, 0.4) is 0 Å². The van der Waals surface area contributed by atoms with Crippen LogP contribution in [0.5, 0.6) is 5.75 Å². The van der Waals surface area contributed by atoms with E-state index in [0.29, 0.717) is 5.69 Å². The summed E-state index contributed by atoms with van der Waals surface area (Å²) in [7, 11) is 0. The van der Waals surface area contributed by atoms with Crippen LogP contribution in [-0.2, 0) is 4.74 Å². The van der Waals surface area contributed by atoms with E-state index in [0.717, 1.165) is 24.3 Å². The summed E-state index contributed by atoms with van der Waals surface area (Å²) in [5.74, 6) is -0.800. The normalized spacial score (nSPS) is 11.4. The lowest BCUT2D eigenvalue weighted by Gasteiger charge is -2.07. The van der Waals surface area contributed by atoms with E-state index in [2.05, 4.69) is 22.6 Å². The van der Waals surface area contributed by atoms with Gasteiger partial charge in [0, 0.05) is 11.4 Å². The molecule has 0 radical (unpaired) electrons. The predicted octanol–water partition coefficient (Wildman–Crippen LogP) is 4.23. The molecule has 0 saturated heterocycles. The highest BCUT2D eigenvalue weighted by Crippen LogP contribution is 2.23. The van der Waals surface area contributed by atoms with Gasteiger partial charge in [0.1, 0.15) is 11.5 Å². The Morgan fingerprint density at radius 3 is 1.79 bits per heavy atom. The summed E-state index contributed by atoms with van der Waals surface area (Å²) in [6.07, 6.45) is -7.21. The summed E-state index contributed by atoms with van der Waals surface area (Å²) in [4.78, 5) is 0. The average Bonchev–Trinajstić information content (AvgIpc) is 2.36. The molecule has 24 heavy (non-hydrogen) atoms. The number of alkyl halides is 6. The second-order valence-corrected chi connectivity index (χ2v) is 4.04. The fourth-order valence-electron chi connectivity index (χ4n) is 1.05. The Morgan fingerprint density at radius 2 is 1.42 bits per heavy atom. The Balaban J connectivity index is 0.000000441. The number of benzene rings is 1. The van der Waals surface area contributed by atoms with Crippen molar-refractivity contribution in [1.29, 1.82) is 0 Å². The summed E-state index contributed by atoms with van der Waals surface area (Å²) >= 11 is 0. The molecule has 0 aliphatic carbocycles. The van der Waals surface area contributed by atoms with Gasteiger partial charge < -0.3 is 20.9 Å². The van der Waals surface area contributed by atoms with Crippen molar-refractivity contribution in [2.24, 2.45) is 5.73 Å². The highest BCUT2D eigenvalue weighted by molar-refractivity contribution is 5.41. The van der Waals surface area contributed by atoms with Crippen LogP contribution < -0.4 is 16.2 Å². The van der Waals surface area contributed by atoms with Crippen molar-refractivity contribution < 1.29 is 35.8 Å². The Morgan fingerprint density at radius 1 is 0.917 bits per heavy atom. The van der Waals surface area contributed by atoms with Gasteiger partial charge in [-0.05, 0) is 36.4 Å². The Labute approximate surface area is 133 Å². The Hall–Kier alpha value is -2.78. The average molecular weight is 356 g/mol. The molecular formula is C14H14F6N2O2. The minimum Gasteiger partial charge on any atom is -0.406 e. The zero-order valence-corrected chi connectivity index (χ0v) is 12.1. The second-order valence-electron chi connectivity index (χ2n) is 4.04. The fraction of sp³-hybridized carbons (Fsp3) is 0.143. The van der Waals surface area contributed by atoms with Gasteiger partial charge in [0.25, 0.3) is 0 Å². The van der Waals surface area contributed by atoms with E-state index in [-0.39, 0.29) is 11.4 Å². The maximum absolute atomic E-state index is 11.6. The molecule has 0 amide bonds. The number of nitrogen functional groups attached to an aromatic ring is 1. The van der Waals surface area contributed by atoms with Crippen molar-refractivity contribution in [3.63, 3.8) is 0 Å². The van der Waals surface area contributed by atoms with Gasteiger partial charge in [0.2, 0.25) is 0 Å². The molecule has 4 N–H and O–H groups in total. The van der Waals surface area contributed by atoms with Gasteiger partial charge in [0.15, 0.2) is 0 Å². The number of halogens is 6. The molecule has 0 heterocycles. The first kappa shape index (κ1) is 21.2.